The molecule has 1 aliphatic rings. The first kappa shape index (κ1) is 11.4. The number of rotatable bonds is 3. The lowest BCUT2D eigenvalue weighted by Crippen LogP contribution is -2.49. The van der Waals surface area contributed by atoms with Gasteiger partial charge in [0, 0.05) is 12.0 Å². The summed E-state index contributed by atoms with van der Waals surface area (Å²) in [5.41, 5.74) is 6.31. The first-order chi connectivity index (χ1) is 7.61. The van der Waals surface area contributed by atoms with E-state index < -0.39 is 0 Å². The van der Waals surface area contributed by atoms with E-state index in [-0.39, 0.29) is 23.1 Å². The summed E-state index contributed by atoms with van der Waals surface area (Å²) in [7, 11) is 1.43. The molecule has 1 aromatic carbocycles. The Balaban J connectivity index is 2.30. The van der Waals surface area contributed by atoms with Gasteiger partial charge in [0.2, 0.25) is 0 Å². The Kier molecular flexibility index (Phi) is 2.86. The van der Waals surface area contributed by atoms with Gasteiger partial charge < -0.3 is 15.6 Å². The highest BCUT2D eigenvalue weighted by Crippen LogP contribution is 2.43. The number of aliphatic hydroxyl groups is 1. The molecule has 0 aromatic heterocycles. The van der Waals surface area contributed by atoms with Crippen molar-refractivity contribution in [1.82, 2.24) is 0 Å². The molecule has 1 saturated carbocycles. The second-order valence-corrected chi connectivity index (χ2v) is 4.40. The highest BCUT2D eigenvalue weighted by Gasteiger charge is 2.43. The third-order valence-electron chi connectivity index (χ3n) is 3.41. The quantitative estimate of drug-likeness (QED) is 0.812. The largest absolute Gasteiger partial charge is 0.494 e. The summed E-state index contributed by atoms with van der Waals surface area (Å²) >= 11 is 0. The number of aliphatic hydroxyl groups excluding tert-OH is 1. The molecule has 0 saturated heterocycles. The lowest BCUT2D eigenvalue weighted by Gasteiger charge is -2.45. The van der Waals surface area contributed by atoms with Crippen LogP contribution in [0.25, 0.3) is 0 Å². The fraction of sp³-hybridized carbons (Fsp3) is 0.500. The minimum atomic E-state index is -0.380. The van der Waals surface area contributed by atoms with Crippen molar-refractivity contribution in [1.29, 1.82) is 0 Å². The Bertz CT molecular complexity index is 389. The highest BCUT2D eigenvalue weighted by molar-refractivity contribution is 5.36. The number of methoxy groups -OCH3 is 1. The van der Waals surface area contributed by atoms with Crippen molar-refractivity contribution in [3.63, 3.8) is 0 Å². The van der Waals surface area contributed by atoms with E-state index in [9.17, 15) is 9.50 Å². The number of hydrogen-bond acceptors (Lipinski definition) is 3. The van der Waals surface area contributed by atoms with Gasteiger partial charge in [-0.2, -0.15) is 0 Å². The topological polar surface area (TPSA) is 55.5 Å². The van der Waals surface area contributed by atoms with Gasteiger partial charge in [-0.1, -0.05) is 6.07 Å². The van der Waals surface area contributed by atoms with Gasteiger partial charge in [-0.05, 0) is 30.5 Å². The molecule has 88 valence electrons. The zero-order valence-corrected chi connectivity index (χ0v) is 9.24. The molecule has 16 heavy (non-hydrogen) atoms. The number of ether oxygens (including phenoxy) is 1. The van der Waals surface area contributed by atoms with Crippen LogP contribution >= 0.6 is 0 Å². The molecular formula is C12H16FNO2. The normalized spacial score (nSPS) is 28.6. The van der Waals surface area contributed by atoms with E-state index in [1.165, 1.54) is 13.2 Å². The summed E-state index contributed by atoms with van der Waals surface area (Å²) in [6, 6.07) is 4.88. The maximum atomic E-state index is 13.5. The van der Waals surface area contributed by atoms with Crippen LogP contribution in [-0.4, -0.2) is 24.9 Å². The monoisotopic (exact) mass is 225 g/mol. The van der Waals surface area contributed by atoms with Crippen LogP contribution in [0.3, 0.4) is 0 Å². The van der Waals surface area contributed by atoms with Crippen molar-refractivity contribution in [2.75, 3.05) is 13.7 Å². The van der Waals surface area contributed by atoms with Crippen LogP contribution in [0.4, 0.5) is 4.39 Å². The first-order valence-electron chi connectivity index (χ1n) is 5.33. The van der Waals surface area contributed by atoms with Crippen molar-refractivity contribution in [2.45, 2.75) is 24.4 Å². The number of hydrogen-bond donors (Lipinski definition) is 2. The molecule has 1 aliphatic carbocycles. The Labute approximate surface area is 94.0 Å². The van der Waals surface area contributed by atoms with E-state index in [4.69, 9.17) is 10.5 Å². The Morgan fingerprint density at radius 2 is 2.25 bits per heavy atom. The van der Waals surface area contributed by atoms with E-state index in [2.05, 4.69) is 0 Å². The van der Waals surface area contributed by atoms with Crippen molar-refractivity contribution >= 4 is 0 Å². The van der Waals surface area contributed by atoms with Crippen LogP contribution in [0.15, 0.2) is 18.2 Å². The molecule has 1 fully saturated rings. The van der Waals surface area contributed by atoms with Crippen LogP contribution in [0.5, 0.6) is 5.75 Å². The van der Waals surface area contributed by atoms with E-state index in [0.29, 0.717) is 19.4 Å². The summed E-state index contributed by atoms with van der Waals surface area (Å²) in [4.78, 5) is 0. The Morgan fingerprint density at radius 1 is 1.56 bits per heavy atom. The smallest absolute Gasteiger partial charge is 0.165 e. The van der Waals surface area contributed by atoms with Gasteiger partial charge in [-0.3, -0.25) is 0 Å². The Hall–Kier alpha value is -1.13. The van der Waals surface area contributed by atoms with Gasteiger partial charge in [0.1, 0.15) is 0 Å². The van der Waals surface area contributed by atoms with Gasteiger partial charge in [0.05, 0.1) is 13.2 Å². The van der Waals surface area contributed by atoms with Crippen LogP contribution in [0.1, 0.15) is 18.4 Å². The fourth-order valence-electron chi connectivity index (χ4n) is 2.36. The van der Waals surface area contributed by atoms with Crippen molar-refractivity contribution in [3.8, 4) is 5.75 Å². The SMILES string of the molecule is COc1ccc(C2(CN)CC(O)C2)cc1F. The summed E-state index contributed by atoms with van der Waals surface area (Å²) < 4.78 is 18.4. The van der Waals surface area contributed by atoms with E-state index in [0.717, 1.165) is 5.56 Å². The van der Waals surface area contributed by atoms with Gasteiger partial charge in [-0.25, -0.2) is 4.39 Å². The third-order valence-corrected chi connectivity index (χ3v) is 3.41. The molecule has 3 nitrogen and oxygen atoms in total. The summed E-state index contributed by atoms with van der Waals surface area (Å²) in [6.07, 6.45) is 0.901. The number of benzene rings is 1. The van der Waals surface area contributed by atoms with Crippen LogP contribution in [0.2, 0.25) is 0 Å². The first-order valence-corrected chi connectivity index (χ1v) is 5.33. The average molecular weight is 225 g/mol. The second-order valence-electron chi connectivity index (χ2n) is 4.40. The molecule has 2 rings (SSSR count). The lowest BCUT2D eigenvalue weighted by atomic mass is 9.63. The molecule has 0 heterocycles. The molecule has 4 heteroatoms. The molecule has 0 unspecified atom stereocenters. The molecule has 1 aromatic rings. The molecule has 0 bridgehead atoms. The van der Waals surface area contributed by atoms with Gasteiger partial charge in [-0.15, -0.1) is 0 Å². The standard InChI is InChI=1S/C12H16FNO2/c1-16-11-3-2-8(4-10(11)13)12(7-14)5-9(15)6-12/h2-4,9,15H,5-7,14H2,1H3. The zero-order valence-electron chi connectivity index (χ0n) is 9.24. The zero-order chi connectivity index (χ0) is 11.8. The number of nitrogens with two attached hydrogens (primary N) is 1. The minimum Gasteiger partial charge on any atom is -0.494 e. The second kappa shape index (κ2) is 4.03. The third kappa shape index (κ3) is 1.68. The molecule has 0 radical (unpaired) electrons. The lowest BCUT2D eigenvalue weighted by molar-refractivity contribution is 0.0220. The minimum absolute atomic E-state index is 0.232. The summed E-state index contributed by atoms with van der Waals surface area (Å²) in [5.74, 6) is -0.148. The molecule has 0 spiro atoms. The van der Waals surface area contributed by atoms with Crippen molar-refractivity contribution in [3.05, 3.63) is 29.6 Å². The summed E-state index contributed by atoms with van der Waals surface area (Å²) in [6.45, 7) is 0.426. The van der Waals surface area contributed by atoms with Crippen LogP contribution < -0.4 is 10.5 Å². The molecular weight excluding hydrogens is 209 g/mol. The van der Waals surface area contributed by atoms with Crippen molar-refractivity contribution in [2.24, 2.45) is 5.73 Å². The molecule has 3 N–H and O–H groups in total. The van der Waals surface area contributed by atoms with Crippen LogP contribution in [-0.2, 0) is 5.41 Å². The highest BCUT2D eigenvalue weighted by atomic mass is 19.1. The average Bonchev–Trinajstić information content (AvgIpc) is 2.24. The number of halogens is 1. The summed E-state index contributed by atoms with van der Waals surface area (Å²) in [5, 5.41) is 9.37. The molecule has 0 atom stereocenters. The van der Waals surface area contributed by atoms with Gasteiger partial charge in [0.15, 0.2) is 11.6 Å². The Morgan fingerprint density at radius 3 is 2.69 bits per heavy atom. The predicted octanol–water partition coefficient (Wildman–Crippen LogP) is 1.19. The van der Waals surface area contributed by atoms with Crippen molar-refractivity contribution < 1.29 is 14.2 Å². The fourth-order valence-corrected chi connectivity index (χ4v) is 2.36. The molecule has 0 amide bonds. The maximum Gasteiger partial charge on any atom is 0.165 e. The van der Waals surface area contributed by atoms with Gasteiger partial charge >= 0.3 is 0 Å². The predicted molar refractivity (Wildman–Crippen MR) is 58.9 cm³/mol. The molecule has 0 aliphatic heterocycles. The van der Waals surface area contributed by atoms with E-state index in [1.54, 1.807) is 6.07 Å². The van der Waals surface area contributed by atoms with E-state index in [1.807, 2.05) is 6.07 Å². The van der Waals surface area contributed by atoms with Gasteiger partial charge in [0.25, 0.3) is 0 Å². The van der Waals surface area contributed by atoms with Crippen LogP contribution in [0, 0.1) is 5.82 Å². The maximum absolute atomic E-state index is 13.5. The van der Waals surface area contributed by atoms with E-state index >= 15 is 0 Å².